The maximum absolute atomic E-state index is 6.32. The van der Waals surface area contributed by atoms with Crippen LogP contribution in [0.25, 0.3) is 0 Å². The number of nitrogens with zero attached hydrogens (tertiary/aromatic N) is 2. The van der Waals surface area contributed by atoms with Crippen LogP contribution in [0.15, 0.2) is 6.20 Å². The van der Waals surface area contributed by atoms with Crippen LogP contribution in [0, 0.1) is 17.8 Å². The van der Waals surface area contributed by atoms with Gasteiger partial charge in [-0.1, -0.05) is 24.9 Å². The lowest BCUT2D eigenvalue weighted by Gasteiger charge is -2.21. The Morgan fingerprint density at radius 1 is 1.50 bits per heavy atom. The Bertz CT molecular complexity index is 399. The first-order chi connectivity index (χ1) is 8.74. The second-order valence-corrected chi connectivity index (χ2v) is 6.18. The summed E-state index contributed by atoms with van der Waals surface area (Å²) in [6.45, 7) is 3.27. The molecule has 0 saturated heterocycles. The molecule has 100 valence electrons. The minimum Gasteiger partial charge on any atom is -0.308 e. The lowest BCUT2D eigenvalue weighted by atomic mass is 10.0. The lowest BCUT2D eigenvalue weighted by molar-refractivity contribution is 0.397. The summed E-state index contributed by atoms with van der Waals surface area (Å²) < 4.78 is 1.95. The van der Waals surface area contributed by atoms with Crippen LogP contribution in [-0.2, 0) is 7.05 Å². The van der Waals surface area contributed by atoms with E-state index in [0.29, 0.717) is 6.04 Å². The van der Waals surface area contributed by atoms with Gasteiger partial charge in [0.1, 0.15) is 0 Å². The number of rotatable bonds is 5. The van der Waals surface area contributed by atoms with Crippen molar-refractivity contribution in [3.63, 3.8) is 0 Å². The Balaban J connectivity index is 1.82. The summed E-state index contributed by atoms with van der Waals surface area (Å²) in [5.74, 6) is 2.66. The Hall–Kier alpha value is -0.540. The van der Waals surface area contributed by atoms with E-state index < -0.39 is 0 Å². The van der Waals surface area contributed by atoms with Gasteiger partial charge in [-0.2, -0.15) is 5.10 Å². The van der Waals surface area contributed by atoms with E-state index in [0.717, 1.165) is 35.7 Å². The van der Waals surface area contributed by atoms with Crippen LogP contribution in [0.3, 0.4) is 0 Å². The van der Waals surface area contributed by atoms with E-state index in [1.165, 1.54) is 25.0 Å². The zero-order valence-corrected chi connectivity index (χ0v) is 12.0. The van der Waals surface area contributed by atoms with E-state index in [4.69, 9.17) is 11.6 Å². The number of halogens is 1. The predicted octanol–water partition coefficient (Wildman–Crippen LogP) is 3.16. The summed E-state index contributed by atoms with van der Waals surface area (Å²) >= 11 is 6.32. The molecule has 0 bridgehead atoms. The van der Waals surface area contributed by atoms with E-state index in [-0.39, 0.29) is 0 Å². The van der Waals surface area contributed by atoms with E-state index >= 15 is 0 Å². The smallest absolute Gasteiger partial charge is 0.0834 e. The number of nitrogens with one attached hydrogen (secondary N) is 1. The number of aromatic nitrogens is 2. The van der Waals surface area contributed by atoms with Crippen molar-refractivity contribution < 1.29 is 0 Å². The van der Waals surface area contributed by atoms with Crippen LogP contribution >= 0.6 is 11.6 Å². The highest BCUT2D eigenvalue weighted by molar-refractivity contribution is 6.31. The summed E-state index contributed by atoms with van der Waals surface area (Å²) in [4.78, 5) is 0. The predicted molar refractivity (Wildman–Crippen MR) is 73.6 cm³/mol. The number of aryl methyl sites for hydroxylation is 1. The van der Waals surface area contributed by atoms with Gasteiger partial charge in [-0.15, -0.1) is 0 Å². The Labute approximate surface area is 114 Å². The fourth-order valence-corrected chi connectivity index (χ4v) is 4.14. The summed E-state index contributed by atoms with van der Waals surface area (Å²) in [7, 11) is 2.00. The van der Waals surface area contributed by atoms with Gasteiger partial charge in [0.2, 0.25) is 0 Å². The Kier molecular flexibility index (Phi) is 3.37. The molecule has 0 spiro atoms. The molecule has 3 atom stereocenters. The van der Waals surface area contributed by atoms with E-state index in [2.05, 4.69) is 17.3 Å². The van der Waals surface area contributed by atoms with Crippen LogP contribution < -0.4 is 5.32 Å². The van der Waals surface area contributed by atoms with Crippen molar-refractivity contribution in [1.29, 1.82) is 0 Å². The zero-order chi connectivity index (χ0) is 12.7. The van der Waals surface area contributed by atoms with Gasteiger partial charge in [0.15, 0.2) is 0 Å². The molecule has 0 aromatic carbocycles. The summed E-state index contributed by atoms with van der Waals surface area (Å²) in [6.07, 6.45) is 7.18. The first-order valence-corrected chi connectivity index (χ1v) is 7.52. The molecular formula is C14H22ClN3. The Morgan fingerprint density at radius 3 is 2.78 bits per heavy atom. The molecule has 3 rings (SSSR count). The molecule has 2 saturated carbocycles. The molecule has 0 amide bonds. The Morgan fingerprint density at radius 2 is 2.22 bits per heavy atom. The maximum atomic E-state index is 6.32. The highest BCUT2D eigenvalue weighted by Crippen LogP contribution is 2.62. The molecule has 2 aliphatic carbocycles. The lowest BCUT2D eigenvalue weighted by Crippen LogP contribution is -2.27. The molecule has 3 nitrogen and oxygen atoms in total. The number of hydrogen-bond acceptors (Lipinski definition) is 2. The minimum absolute atomic E-state index is 0.403. The standard InChI is InChI=1S/C14H22ClN3/c1-3-7-16-13(12-9-5-4-6-10(9)12)14-11(15)8-17-18(14)2/h8-10,12-13,16H,3-7H2,1-2H3. The summed E-state index contributed by atoms with van der Waals surface area (Å²) in [6, 6.07) is 0.403. The second kappa shape index (κ2) is 4.86. The first-order valence-electron chi connectivity index (χ1n) is 7.14. The van der Waals surface area contributed by atoms with Crippen molar-refractivity contribution in [2.45, 2.75) is 38.6 Å². The van der Waals surface area contributed by atoms with Gasteiger partial charge in [0.25, 0.3) is 0 Å². The molecule has 2 fully saturated rings. The fourth-order valence-electron chi connectivity index (χ4n) is 3.86. The van der Waals surface area contributed by atoms with Crippen molar-refractivity contribution >= 4 is 11.6 Å². The van der Waals surface area contributed by atoms with E-state index in [1.807, 2.05) is 11.7 Å². The molecule has 1 N–H and O–H groups in total. The SMILES string of the molecule is CCCNC(c1c(Cl)cnn1C)C1C2CCCC21. The quantitative estimate of drug-likeness (QED) is 0.888. The molecule has 1 heterocycles. The molecular weight excluding hydrogens is 246 g/mol. The highest BCUT2D eigenvalue weighted by Gasteiger charge is 2.56. The monoisotopic (exact) mass is 267 g/mol. The average molecular weight is 268 g/mol. The van der Waals surface area contributed by atoms with Crippen molar-refractivity contribution in [3.8, 4) is 0 Å². The van der Waals surface area contributed by atoms with Crippen molar-refractivity contribution in [2.24, 2.45) is 24.8 Å². The fraction of sp³-hybridized carbons (Fsp3) is 0.786. The zero-order valence-electron chi connectivity index (χ0n) is 11.2. The highest BCUT2D eigenvalue weighted by atomic mass is 35.5. The van der Waals surface area contributed by atoms with Crippen LogP contribution in [0.2, 0.25) is 5.02 Å². The van der Waals surface area contributed by atoms with Gasteiger partial charge >= 0.3 is 0 Å². The van der Waals surface area contributed by atoms with Crippen LogP contribution in [0.4, 0.5) is 0 Å². The van der Waals surface area contributed by atoms with Gasteiger partial charge in [-0.25, -0.2) is 0 Å². The molecule has 1 aromatic rings. The average Bonchev–Trinajstić information content (AvgIpc) is 2.71. The van der Waals surface area contributed by atoms with Gasteiger partial charge in [-0.05, 0) is 43.6 Å². The first kappa shape index (κ1) is 12.5. The van der Waals surface area contributed by atoms with Crippen molar-refractivity contribution in [3.05, 3.63) is 16.9 Å². The third-order valence-corrected chi connectivity index (χ3v) is 5.00. The second-order valence-electron chi connectivity index (χ2n) is 5.77. The minimum atomic E-state index is 0.403. The molecule has 18 heavy (non-hydrogen) atoms. The third-order valence-electron chi connectivity index (χ3n) is 4.70. The van der Waals surface area contributed by atoms with Crippen molar-refractivity contribution in [2.75, 3.05) is 6.54 Å². The molecule has 0 aliphatic heterocycles. The number of hydrogen-bond donors (Lipinski definition) is 1. The summed E-state index contributed by atoms with van der Waals surface area (Å²) in [5.41, 5.74) is 1.18. The van der Waals surface area contributed by atoms with Crippen LogP contribution in [-0.4, -0.2) is 16.3 Å². The molecule has 2 aliphatic rings. The van der Waals surface area contributed by atoms with E-state index in [1.54, 1.807) is 6.20 Å². The normalized spacial score (nSPS) is 31.4. The van der Waals surface area contributed by atoms with Crippen LogP contribution in [0.1, 0.15) is 44.3 Å². The summed E-state index contributed by atoms with van der Waals surface area (Å²) in [5, 5.41) is 8.81. The molecule has 1 aromatic heterocycles. The molecule has 3 unspecified atom stereocenters. The molecule has 0 radical (unpaired) electrons. The van der Waals surface area contributed by atoms with Gasteiger partial charge in [0, 0.05) is 7.05 Å². The van der Waals surface area contributed by atoms with Crippen LogP contribution in [0.5, 0.6) is 0 Å². The maximum Gasteiger partial charge on any atom is 0.0834 e. The van der Waals surface area contributed by atoms with Crippen molar-refractivity contribution in [1.82, 2.24) is 15.1 Å². The van der Waals surface area contributed by atoms with Gasteiger partial charge < -0.3 is 5.32 Å². The number of fused-ring (bicyclic) bond motifs is 1. The largest absolute Gasteiger partial charge is 0.308 e. The third kappa shape index (κ3) is 1.97. The van der Waals surface area contributed by atoms with Gasteiger partial charge in [-0.3, -0.25) is 4.68 Å². The topological polar surface area (TPSA) is 29.9 Å². The molecule has 4 heteroatoms. The van der Waals surface area contributed by atoms with E-state index in [9.17, 15) is 0 Å². The van der Waals surface area contributed by atoms with Gasteiger partial charge in [0.05, 0.1) is 23.0 Å².